The summed E-state index contributed by atoms with van der Waals surface area (Å²) in [4.78, 5) is 66.4. The molecule has 52 heavy (non-hydrogen) atoms. The van der Waals surface area contributed by atoms with E-state index >= 15 is 0 Å². The van der Waals surface area contributed by atoms with Crippen molar-refractivity contribution in [3.05, 3.63) is 0 Å². The number of rotatable bonds is 25. The Kier molecular flexibility index (Phi) is 23.1. The molecule has 0 bridgehead atoms. The Bertz CT molecular complexity index is 1100. The quantitative estimate of drug-likeness (QED) is 0.0566. The fraction of sp³-hybridized carbons (Fsp3) is 0.861. The minimum atomic E-state index is -2.00. The molecule has 0 unspecified atom stereocenters. The zero-order valence-electron chi connectivity index (χ0n) is 32.3. The van der Waals surface area contributed by atoms with Gasteiger partial charge in [-0.2, -0.15) is 0 Å². The van der Waals surface area contributed by atoms with Gasteiger partial charge in [0, 0.05) is 23.7 Å². The molecule has 6 N–H and O–H groups in total. The molecule has 0 radical (unpaired) electrons. The first kappa shape index (κ1) is 49.1. The van der Waals surface area contributed by atoms with E-state index in [9.17, 15) is 49.5 Å². The lowest BCUT2D eigenvalue weighted by molar-refractivity contribution is -0.196. The molecule has 16 nitrogen and oxygen atoms in total. The van der Waals surface area contributed by atoms with Crippen LogP contribution in [-0.4, -0.2) is 129 Å². The second-order valence-electron chi connectivity index (χ2n) is 13.7. The van der Waals surface area contributed by atoms with E-state index in [4.69, 9.17) is 28.8 Å². The molecule has 14 atom stereocenters. The third kappa shape index (κ3) is 14.9. The molecule has 0 saturated carbocycles. The maximum absolute atomic E-state index is 13.7. The molecule has 0 aromatic carbocycles. The number of ether oxygens (including phenoxy) is 5. The fourth-order valence-corrected chi connectivity index (χ4v) is 4.58. The second-order valence-corrected chi connectivity index (χ2v) is 13.7. The van der Waals surface area contributed by atoms with Gasteiger partial charge in [-0.25, -0.2) is 24.0 Å². The summed E-state index contributed by atoms with van der Waals surface area (Å²) in [5.74, 6) is -8.22. The van der Waals surface area contributed by atoms with Crippen LogP contribution < -0.4 is 0 Å². The van der Waals surface area contributed by atoms with Crippen LogP contribution in [0.2, 0.25) is 0 Å². The number of aliphatic hydroxyl groups is 6. The Hall–Kier alpha value is -2.89. The summed E-state index contributed by atoms with van der Waals surface area (Å²) in [7, 11) is 0. The van der Waals surface area contributed by atoms with Crippen molar-refractivity contribution in [1.29, 1.82) is 0 Å². The average Bonchev–Trinajstić information content (AvgIpc) is 3.15. The maximum Gasteiger partial charge on any atom is 0.348 e. The maximum atomic E-state index is 13.7. The Labute approximate surface area is 307 Å². The van der Waals surface area contributed by atoms with Gasteiger partial charge in [0.15, 0.2) is 6.10 Å². The number of carbonyl (C=O) groups excluding carboxylic acids is 5. The largest absolute Gasteiger partial charge is 0.460 e. The molecule has 0 amide bonds. The summed E-state index contributed by atoms with van der Waals surface area (Å²) in [6.07, 6.45) is -13.4. The predicted molar refractivity (Wildman–Crippen MR) is 185 cm³/mol. The predicted octanol–water partition coefficient (Wildman–Crippen LogP) is 1.20. The van der Waals surface area contributed by atoms with E-state index in [-0.39, 0.29) is 0 Å². The third-order valence-electron chi connectivity index (χ3n) is 9.69. The monoisotopic (exact) mass is 752 g/mol. The van der Waals surface area contributed by atoms with Crippen molar-refractivity contribution < 1.29 is 78.3 Å². The lowest BCUT2D eigenvalue weighted by Gasteiger charge is -2.30. The van der Waals surface area contributed by atoms with Crippen LogP contribution in [0.4, 0.5) is 0 Å². The average molecular weight is 753 g/mol. The normalized spacial score (nSPS) is 19.8. The first-order chi connectivity index (χ1) is 24.3. The molecule has 0 spiro atoms. The van der Waals surface area contributed by atoms with Gasteiger partial charge in [-0.3, -0.25) is 0 Å². The SMILES string of the molecule is CC[C@@H](C)[C@H](OC(=O)[C@@H](O)[C@@H](C)CC)C(=O)O[C@H](C(=O)O[C@H](C(=O)O[C@H](C(=O)OC[C@H](O)[C@H](O)[C@H](O)[C@H](O)CO)[C@H](C)CC)[C@H](C)CC)[C@@H](C)CC. The molecule has 0 aliphatic carbocycles. The number of carbonyl (C=O) groups is 5. The minimum Gasteiger partial charge on any atom is -0.460 e. The third-order valence-corrected chi connectivity index (χ3v) is 9.69. The van der Waals surface area contributed by atoms with Crippen molar-refractivity contribution in [2.45, 2.75) is 156 Å². The fourth-order valence-electron chi connectivity index (χ4n) is 4.58. The summed E-state index contributed by atoms with van der Waals surface area (Å²) in [6.45, 7) is 15.0. The minimum absolute atomic E-state index is 0.315. The van der Waals surface area contributed by atoms with Crippen LogP contribution in [0.5, 0.6) is 0 Å². The van der Waals surface area contributed by atoms with Gasteiger partial charge in [0.2, 0.25) is 24.4 Å². The number of aliphatic hydroxyl groups excluding tert-OH is 6. The molecule has 0 rings (SSSR count). The van der Waals surface area contributed by atoms with Crippen LogP contribution in [0.25, 0.3) is 0 Å². The Morgan fingerprint density at radius 2 is 0.731 bits per heavy atom. The van der Waals surface area contributed by atoms with Crippen molar-refractivity contribution in [3.63, 3.8) is 0 Å². The van der Waals surface area contributed by atoms with Crippen molar-refractivity contribution in [2.24, 2.45) is 29.6 Å². The van der Waals surface area contributed by atoms with Crippen LogP contribution in [0.15, 0.2) is 0 Å². The molecule has 0 aliphatic heterocycles. The standard InChI is InChI=1S/C36H64O16/c1-11-18(6)25(40)32(43)49-29(20(8)13-3)34(45)51-31(22(10)15-5)36(47)52-30(21(9)14-4)35(46)50-28(19(7)12-2)33(44)48-17-24(39)27(42)26(41)23(38)16-37/h18-31,37-42H,11-17H2,1-10H3/t18-,19+,20+,21+,22-,23+,24-,25-,26+,27-,28-,29-,30-,31-/m0/s1. The van der Waals surface area contributed by atoms with Gasteiger partial charge in [-0.1, -0.05) is 75.7 Å². The van der Waals surface area contributed by atoms with E-state index in [1.54, 1.807) is 69.2 Å². The first-order valence-electron chi connectivity index (χ1n) is 18.3. The smallest absolute Gasteiger partial charge is 0.348 e. The van der Waals surface area contributed by atoms with E-state index < -0.39 is 128 Å². The van der Waals surface area contributed by atoms with Gasteiger partial charge < -0.3 is 54.3 Å². The topological polar surface area (TPSA) is 253 Å². The molecular weight excluding hydrogens is 688 g/mol. The van der Waals surface area contributed by atoms with Crippen molar-refractivity contribution in [1.82, 2.24) is 0 Å². The second kappa shape index (κ2) is 24.4. The van der Waals surface area contributed by atoms with Gasteiger partial charge >= 0.3 is 29.8 Å². The highest BCUT2D eigenvalue weighted by molar-refractivity contribution is 5.87. The number of hydrogen-bond acceptors (Lipinski definition) is 16. The van der Waals surface area contributed by atoms with Gasteiger partial charge in [-0.05, 0) is 31.6 Å². The van der Waals surface area contributed by atoms with Crippen LogP contribution in [-0.2, 0) is 47.7 Å². The van der Waals surface area contributed by atoms with Crippen molar-refractivity contribution in [3.8, 4) is 0 Å². The Morgan fingerprint density at radius 3 is 1.04 bits per heavy atom. The molecule has 304 valence electrons. The van der Waals surface area contributed by atoms with E-state index in [0.29, 0.717) is 32.1 Å². The van der Waals surface area contributed by atoms with Crippen molar-refractivity contribution >= 4 is 29.8 Å². The molecule has 0 saturated heterocycles. The summed E-state index contributed by atoms with van der Waals surface area (Å²) >= 11 is 0. The van der Waals surface area contributed by atoms with Crippen molar-refractivity contribution in [2.75, 3.05) is 13.2 Å². The van der Waals surface area contributed by atoms with Gasteiger partial charge in [-0.15, -0.1) is 0 Å². The number of esters is 5. The summed E-state index contributed by atoms with van der Waals surface area (Å²) in [5, 5.41) is 58.9. The highest BCUT2D eigenvalue weighted by Crippen LogP contribution is 2.24. The highest BCUT2D eigenvalue weighted by Gasteiger charge is 2.42. The first-order valence-corrected chi connectivity index (χ1v) is 18.3. The molecule has 16 heteroatoms. The summed E-state index contributed by atoms with van der Waals surface area (Å²) in [5.41, 5.74) is 0. The van der Waals surface area contributed by atoms with E-state index in [2.05, 4.69) is 0 Å². The summed E-state index contributed by atoms with van der Waals surface area (Å²) < 4.78 is 27.2. The molecule has 0 aliphatic rings. The van der Waals surface area contributed by atoms with Crippen LogP contribution >= 0.6 is 0 Å². The summed E-state index contributed by atoms with van der Waals surface area (Å²) in [6, 6.07) is 0. The molecule has 0 aromatic heterocycles. The van der Waals surface area contributed by atoms with Gasteiger partial charge in [0.25, 0.3) is 0 Å². The van der Waals surface area contributed by atoms with E-state index in [0.717, 1.165) is 0 Å². The zero-order chi connectivity index (χ0) is 40.5. The molecule has 0 heterocycles. The van der Waals surface area contributed by atoms with Crippen LogP contribution in [0.3, 0.4) is 0 Å². The lowest BCUT2D eigenvalue weighted by Crippen LogP contribution is -2.48. The lowest BCUT2D eigenvalue weighted by atomic mass is 9.98. The molecule has 0 aromatic rings. The number of hydrogen-bond donors (Lipinski definition) is 6. The Balaban J connectivity index is 6.15. The molecular formula is C36H64O16. The zero-order valence-corrected chi connectivity index (χ0v) is 32.3. The van der Waals surface area contributed by atoms with Gasteiger partial charge in [0.05, 0.1) is 6.61 Å². The molecule has 0 fully saturated rings. The highest BCUT2D eigenvalue weighted by atomic mass is 16.6. The van der Waals surface area contributed by atoms with Crippen LogP contribution in [0.1, 0.15) is 101 Å². The van der Waals surface area contributed by atoms with E-state index in [1.807, 2.05) is 0 Å². The van der Waals surface area contributed by atoms with E-state index in [1.165, 1.54) is 0 Å². The Morgan fingerprint density at radius 1 is 0.442 bits per heavy atom. The van der Waals surface area contributed by atoms with Crippen LogP contribution in [0, 0.1) is 29.6 Å². The van der Waals surface area contributed by atoms with Gasteiger partial charge in [0.1, 0.15) is 31.0 Å².